The molecular weight excluding hydrogens is 299 g/mol. The monoisotopic (exact) mass is 312 g/mol. The first-order valence-corrected chi connectivity index (χ1v) is 6.90. The molecule has 0 unspecified atom stereocenters. The number of halogens is 1. The van der Waals surface area contributed by atoms with Crippen LogP contribution >= 0.6 is 0 Å². The maximum absolute atomic E-state index is 13.3. The van der Waals surface area contributed by atoms with Crippen molar-refractivity contribution in [2.75, 3.05) is 16.6 Å². The summed E-state index contributed by atoms with van der Waals surface area (Å²) in [6.07, 6.45) is 6.87. The summed E-state index contributed by atoms with van der Waals surface area (Å²) in [5.74, 6) is 0.681. The molecular formula is C14H13FN8. The van der Waals surface area contributed by atoms with Gasteiger partial charge in [0.2, 0.25) is 0 Å². The predicted molar refractivity (Wildman–Crippen MR) is 83.2 cm³/mol. The molecule has 0 saturated heterocycles. The van der Waals surface area contributed by atoms with E-state index >= 15 is 0 Å². The predicted octanol–water partition coefficient (Wildman–Crippen LogP) is 1.23. The van der Waals surface area contributed by atoms with Crippen LogP contribution in [0.15, 0.2) is 36.9 Å². The molecule has 3 aromatic heterocycles. The Morgan fingerprint density at radius 3 is 2.96 bits per heavy atom. The van der Waals surface area contributed by atoms with E-state index < -0.39 is 5.82 Å². The molecule has 0 amide bonds. The van der Waals surface area contributed by atoms with E-state index in [1.165, 1.54) is 6.07 Å². The van der Waals surface area contributed by atoms with Gasteiger partial charge >= 0.3 is 0 Å². The molecule has 4 heterocycles. The number of fused-ring (bicyclic) bond motifs is 1. The van der Waals surface area contributed by atoms with Crippen LogP contribution < -0.4 is 22.1 Å². The van der Waals surface area contributed by atoms with E-state index in [4.69, 9.17) is 5.73 Å². The third kappa shape index (κ3) is 2.53. The minimum Gasteiger partial charge on any atom is -0.384 e. The van der Waals surface area contributed by atoms with Crippen molar-refractivity contribution >= 4 is 17.3 Å². The third-order valence-electron chi connectivity index (χ3n) is 3.47. The topological polar surface area (TPSA) is 106 Å². The van der Waals surface area contributed by atoms with Gasteiger partial charge in [0.25, 0.3) is 0 Å². The van der Waals surface area contributed by atoms with Crippen LogP contribution in [-0.4, -0.2) is 19.7 Å². The van der Waals surface area contributed by atoms with Gasteiger partial charge in [-0.15, -0.1) is 5.53 Å². The van der Waals surface area contributed by atoms with Crippen molar-refractivity contribution in [2.45, 2.75) is 6.42 Å². The van der Waals surface area contributed by atoms with Crippen molar-refractivity contribution in [2.24, 2.45) is 0 Å². The SMILES string of the molecule is Nc1cc(Cc2cnn(-c3cncc(F)c3)c2)c2c(n1)NNN2. The molecule has 0 aliphatic carbocycles. The summed E-state index contributed by atoms with van der Waals surface area (Å²) >= 11 is 0. The van der Waals surface area contributed by atoms with Crippen LogP contribution in [-0.2, 0) is 6.42 Å². The molecule has 4 rings (SSSR count). The van der Waals surface area contributed by atoms with Gasteiger partial charge in [-0.25, -0.2) is 14.1 Å². The average molecular weight is 312 g/mol. The van der Waals surface area contributed by atoms with Crippen LogP contribution in [0.3, 0.4) is 0 Å². The van der Waals surface area contributed by atoms with E-state index in [-0.39, 0.29) is 0 Å². The van der Waals surface area contributed by atoms with E-state index in [1.807, 2.05) is 12.3 Å². The van der Waals surface area contributed by atoms with Crippen molar-refractivity contribution in [3.05, 3.63) is 53.9 Å². The Bertz CT molecular complexity index is 875. The molecule has 3 aromatic rings. The summed E-state index contributed by atoms with van der Waals surface area (Å²) in [5, 5.41) is 4.25. The van der Waals surface area contributed by atoms with Crippen LogP contribution in [0.4, 0.5) is 21.7 Å². The van der Waals surface area contributed by atoms with Gasteiger partial charge in [0, 0.05) is 18.7 Å². The number of hydrogen-bond donors (Lipinski definition) is 4. The number of nitrogens with one attached hydrogen (secondary N) is 3. The van der Waals surface area contributed by atoms with Crippen molar-refractivity contribution < 1.29 is 4.39 Å². The zero-order valence-corrected chi connectivity index (χ0v) is 11.9. The summed E-state index contributed by atoms with van der Waals surface area (Å²) in [4.78, 5) is 8.01. The summed E-state index contributed by atoms with van der Waals surface area (Å²) in [6, 6.07) is 3.18. The minimum absolute atomic E-state index is 0.402. The normalized spacial score (nSPS) is 12.6. The van der Waals surface area contributed by atoms with Gasteiger partial charge in [-0.2, -0.15) is 5.10 Å². The first-order valence-electron chi connectivity index (χ1n) is 6.90. The van der Waals surface area contributed by atoms with Gasteiger partial charge in [-0.1, -0.05) is 0 Å². The Kier molecular flexibility index (Phi) is 3.05. The van der Waals surface area contributed by atoms with Crippen molar-refractivity contribution in [3.63, 3.8) is 0 Å². The van der Waals surface area contributed by atoms with Gasteiger partial charge in [-0.3, -0.25) is 10.4 Å². The first-order chi connectivity index (χ1) is 11.2. The molecule has 116 valence electrons. The van der Waals surface area contributed by atoms with Gasteiger partial charge in [0.15, 0.2) is 5.82 Å². The second kappa shape index (κ2) is 5.21. The van der Waals surface area contributed by atoms with Gasteiger partial charge in [-0.05, 0) is 17.2 Å². The molecule has 8 nitrogen and oxygen atoms in total. The van der Waals surface area contributed by atoms with Gasteiger partial charge in [0.05, 0.1) is 30.0 Å². The quantitative estimate of drug-likeness (QED) is 0.576. The van der Waals surface area contributed by atoms with Crippen molar-refractivity contribution in [1.82, 2.24) is 25.3 Å². The maximum atomic E-state index is 13.3. The lowest BCUT2D eigenvalue weighted by atomic mass is 10.1. The highest BCUT2D eigenvalue weighted by Crippen LogP contribution is 2.30. The number of hydrazine groups is 2. The highest BCUT2D eigenvalue weighted by molar-refractivity contribution is 5.74. The lowest BCUT2D eigenvalue weighted by Gasteiger charge is -2.06. The average Bonchev–Trinajstić information content (AvgIpc) is 3.16. The molecule has 1 aliphatic heterocycles. The Labute approximate surface area is 130 Å². The summed E-state index contributed by atoms with van der Waals surface area (Å²) in [6.45, 7) is 0. The summed E-state index contributed by atoms with van der Waals surface area (Å²) in [7, 11) is 0. The fraction of sp³-hybridized carbons (Fsp3) is 0.0714. The van der Waals surface area contributed by atoms with Gasteiger partial charge in [0.1, 0.15) is 11.6 Å². The molecule has 23 heavy (non-hydrogen) atoms. The van der Waals surface area contributed by atoms with Crippen LogP contribution in [0.1, 0.15) is 11.1 Å². The molecule has 0 saturated carbocycles. The highest BCUT2D eigenvalue weighted by Gasteiger charge is 2.17. The molecule has 0 radical (unpaired) electrons. The number of aromatic nitrogens is 4. The van der Waals surface area contributed by atoms with Crippen LogP contribution in [0, 0.1) is 5.82 Å². The molecule has 1 aliphatic rings. The van der Waals surface area contributed by atoms with E-state index in [9.17, 15) is 4.39 Å². The maximum Gasteiger partial charge on any atom is 0.169 e. The second-order valence-corrected chi connectivity index (χ2v) is 5.14. The fourth-order valence-corrected chi connectivity index (χ4v) is 2.48. The van der Waals surface area contributed by atoms with Crippen LogP contribution in [0.25, 0.3) is 5.69 Å². The molecule has 0 bridgehead atoms. The van der Waals surface area contributed by atoms with Crippen molar-refractivity contribution in [1.29, 1.82) is 0 Å². The van der Waals surface area contributed by atoms with Crippen LogP contribution in [0.5, 0.6) is 0 Å². The third-order valence-corrected chi connectivity index (χ3v) is 3.47. The number of pyridine rings is 2. The Morgan fingerprint density at radius 2 is 2.09 bits per heavy atom. The Balaban J connectivity index is 1.64. The number of hydrogen-bond acceptors (Lipinski definition) is 7. The summed E-state index contributed by atoms with van der Waals surface area (Å²) < 4.78 is 14.8. The van der Waals surface area contributed by atoms with Gasteiger partial charge < -0.3 is 11.2 Å². The zero-order valence-electron chi connectivity index (χ0n) is 11.9. The molecule has 5 N–H and O–H groups in total. The highest BCUT2D eigenvalue weighted by atomic mass is 19.1. The molecule has 0 aromatic carbocycles. The molecule has 0 fully saturated rings. The van der Waals surface area contributed by atoms with Crippen molar-refractivity contribution in [3.8, 4) is 5.69 Å². The number of nitrogens with two attached hydrogens (primary N) is 1. The standard InChI is InChI=1S/C14H13FN8/c15-10-3-11(6-17-5-10)23-7-8(4-18-23)1-9-2-12(16)19-14-13(9)20-22-21-14/h2-7,20,22H,1H2,(H3,16,19,21). The Morgan fingerprint density at radius 1 is 1.17 bits per heavy atom. The van der Waals surface area contributed by atoms with E-state index in [1.54, 1.807) is 17.1 Å². The zero-order chi connectivity index (χ0) is 15.8. The number of anilines is 3. The molecule has 0 atom stereocenters. The lowest BCUT2D eigenvalue weighted by Crippen LogP contribution is -2.19. The van der Waals surface area contributed by atoms with E-state index in [2.05, 4.69) is 31.5 Å². The first kappa shape index (κ1) is 13.5. The largest absolute Gasteiger partial charge is 0.384 e. The smallest absolute Gasteiger partial charge is 0.169 e. The van der Waals surface area contributed by atoms with E-state index in [0.29, 0.717) is 23.7 Å². The number of nitrogens with zero attached hydrogens (tertiary/aromatic N) is 4. The molecule has 9 heteroatoms. The summed E-state index contributed by atoms with van der Waals surface area (Å²) in [5.41, 5.74) is 17.8. The van der Waals surface area contributed by atoms with Crippen LogP contribution in [0.2, 0.25) is 0 Å². The Hall–Kier alpha value is -3.20. The minimum atomic E-state index is -0.402. The molecule has 0 spiro atoms. The number of nitrogen functional groups attached to an aromatic ring is 1. The fourth-order valence-electron chi connectivity index (χ4n) is 2.48. The second-order valence-electron chi connectivity index (χ2n) is 5.14. The van der Waals surface area contributed by atoms with E-state index in [0.717, 1.165) is 23.0 Å². The lowest BCUT2D eigenvalue weighted by molar-refractivity contribution is 0.618. The number of rotatable bonds is 3.